The summed E-state index contributed by atoms with van der Waals surface area (Å²) in [5.41, 5.74) is 0.237. The van der Waals surface area contributed by atoms with Crippen molar-refractivity contribution >= 4 is 5.91 Å². The van der Waals surface area contributed by atoms with Gasteiger partial charge < -0.3 is 10.1 Å². The Morgan fingerprint density at radius 3 is 3.06 bits per heavy atom. The zero-order valence-corrected chi connectivity index (χ0v) is 10.5. The van der Waals surface area contributed by atoms with Gasteiger partial charge in [0.15, 0.2) is 0 Å². The molecule has 5 heteroatoms. The van der Waals surface area contributed by atoms with E-state index in [4.69, 9.17) is 4.74 Å². The van der Waals surface area contributed by atoms with Gasteiger partial charge in [-0.15, -0.1) is 0 Å². The molecule has 98 valence electrons. The molecule has 1 saturated carbocycles. The Kier molecular flexibility index (Phi) is 3.07. The zero-order chi connectivity index (χ0) is 12.4. The van der Waals surface area contributed by atoms with E-state index >= 15 is 0 Å². The molecule has 1 saturated heterocycles. The molecule has 0 bridgehead atoms. The van der Waals surface area contributed by atoms with Gasteiger partial charge in [0.2, 0.25) is 5.91 Å². The summed E-state index contributed by atoms with van der Waals surface area (Å²) in [6.45, 7) is 2.97. The Hall–Kier alpha value is -1.36. The molecule has 1 aromatic rings. The summed E-state index contributed by atoms with van der Waals surface area (Å²) in [4.78, 5) is 11.9. The minimum atomic E-state index is 0.0607. The molecule has 1 aliphatic heterocycles. The summed E-state index contributed by atoms with van der Waals surface area (Å²) in [6, 6.07) is 1.94. The molecule has 2 fully saturated rings. The van der Waals surface area contributed by atoms with E-state index in [0.717, 1.165) is 26.1 Å². The van der Waals surface area contributed by atoms with Gasteiger partial charge in [0, 0.05) is 37.5 Å². The number of nitrogens with one attached hydrogen (secondary N) is 1. The number of hydrogen-bond donors (Lipinski definition) is 1. The highest BCUT2D eigenvalue weighted by atomic mass is 16.5. The van der Waals surface area contributed by atoms with Crippen LogP contribution in [0.3, 0.4) is 0 Å². The van der Waals surface area contributed by atoms with Crippen molar-refractivity contribution in [1.82, 2.24) is 15.1 Å². The first-order chi connectivity index (χ1) is 8.77. The first-order valence-electron chi connectivity index (χ1n) is 6.60. The standard InChI is InChI=1S/C13H19N3O2/c17-12(11-2-7-18-8-11)14-9-13(3-4-13)10-16-6-1-5-15-16/h1,5-6,11H,2-4,7-10H2,(H,14,17)/t11-/m0/s1. The summed E-state index contributed by atoms with van der Waals surface area (Å²) >= 11 is 0. The Morgan fingerprint density at radius 2 is 2.44 bits per heavy atom. The van der Waals surface area contributed by atoms with Gasteiger partial charge in [0.25, 0.3) is 0 Å². The van der Waals surface area contributed by atoms with E-state index in [1.807, 2.05) is 16.9 Å². The van der Waals surface area contributed by atoms with Gasteiger partial charge in [-0.1, -0.05) is 0 Å². The van der Waals surface area contributed by atoms with Crippen LogP contribution in [0.15, 0.2) is 18.5 Å². The van der Waals surface area contributed by atoms with Crippen molar-refractivity contribution in [2.24, 2.45) is 11.3 Å². The lowest BCUT2D eigenvalue weighted by Gasteiger charge is -2.17. The van der Waals surface area contributed by atoms with E-state index in [1.54, 1.807) is 6.20 Å². The van der Waals surface area contributed by atoms with Crippen LogP contribution in [0.5, 0.6) is 0 Å². The molecule has 0 aromatic carbocycles. The van der Waals surface area contributed by atoms with Gasteiger partial charge >= 0.3 is 0 Å². The summed E-state index contributed by atoms with van der Waals surface area (Å²) < 4.78 is 7.19. The Morgan fingerprint density at radius 1 is 1.56 bits per heavy atom. The molecular formula is C13H19N3O2. The van der Waals surface area contributed by atoms with E-state index in [9.17, 15) is 4.79 Å². The Labute approximate surface area is 107 Å². The van der Waals surface area contributed by atoms with E-state index in [1.165, 1.54) is 12.8 Å². The number of carbonyl (C=O) groups excluding carboxylic acids is 1. The van der Waals surface area contributed by atoms with Gasteiger partial charge in [-0.25, -0.2) is 0 Å². The van der Waals surface area contributed by atoms with E-state index in [0.29, 0.717) is 6.61 Å². The average molecular weight is 249 g/mol. The molecule has 1 N–H and O–H groups in total. The van der Waals surface area contributed by atoms with Gasteiger partial charge in [0.1, 0.15) is 0 Å². The molecule has 1 aromatic heterocycles. The first-order valence-corrected chi connectivity index (χ1v) is 6.60. The van der Waals surface area contributed by atoms with Crippen LogP contribution < -0.4 is 5.32 Å². The first kappa shape index (κ1) is 11.7. The second-order valence-corrected chi connectivity index (χ2v) is 5.48. The largest absolute Gasteiger partial charge is 0.381 e. The van der Waals surface area contributed by atoms with Crippen molar-refractivity contribution in [2.75, 3.05) is 19.8 Å². The van der Waals surface area contributed by atoms with Crippen molar-refractivity contribution in [3.05, 3.63) is 18.5 Å². The van der Waals surface area contributed by atoms with Crippen LogP contribution in [0.4, 0.5) is 0 Å². The number of carbonyl (C=O) groups is 1. The highest BCUT2D eigenvalue weighted by Crippen LogP contribution is 2.46. The fraction of sp³-hybridized carbons (Fsp3) is 0.692. The molecule has 1 aliphatic carbocycles. The maximum atomic E-state index is 11.9. The number of ether oxygens (including phenoxy) is 1. The lowest BCUT2D eigenvalue weighted by atomic mass is 10.1. The number of nitrogens with zero attached hydrogens (tertiary/aromatic N) is 2. The number of aromatic nitrogens is 2. The molecule has 0 unspecified atom stereocenters. The van der Waals surface area contributed by atoms with Crippen LogP contribution in [0.25, 0.3) is 0 Å². The van der Waals surface area contributed by atoms with Crippen molar-refractivity contribution in [1.29, 1.82) is 0 Å². The molecule has 2 heterocycles. The van der Waals surface area contributed by atoms with Crippen molar-refractivity contribution in [3.8, 4) is 0 Å². The number of hydrogen-bond acceptors (Lipinski definition) is 3. The predicted octanol–water partition coefficient (Wildman–Crippen LogP) is 0.816. The van der Waals surface area contributed by atoms with Gasteiger partial charge in [0.05, 0.1) is 12.5 Å². The third-order valence-electron chi connectivity index (χ3n) is 3.95. The van der Waals surface area contributed by atoms with E-state index < -0.39 is 0 Å². The topological polar surface area (TPSA) is 56.2 Å². The second-order valence-electron chi connectivity index (χ2n) is 5.48. The lowest BCUT2D eigenvalue weighted by molar-refractivity contribution is -0.125. The minimum Gasteiger partial charge on any atom is -0.381 e. The SMILES string of the molecule is O=C(NCC1(Cn2cccn2)CC1)[C@H]1CCOC1. The van der Waals surface area contributed by atoms with Crippen LogP contribution in [0, 0.1) is 11.3 Å². The van der Waals surface area contributed by atoms with Crippen LogP contribution in [-0.2, 0) is 16.1 Å². The summed E-state index contributed by atoms with van der Waals surface area (Å²) in [5, 5.41) is 7.31. The fourth-order valence-corrected chi connectivity index (χ4v) is 2.47. The summed E-state index contributed by atoms with van der Waals surface area (Å²) in [7, 11) is 0. The van der Waals surface area contributed by atoms with Gasteiger partial charge in [-0.3, -0.25) is 9.48 Å². The Bertz CT molecular complexity index is 406. The van der Waals surface area contributed by atoms with E-state index in [2.05, 4.69) is 10.4 Å². The smallest absolute Gasteiger partial charge is 0.225 e. The van der Waals surface area contributed by atoms with Crippen molar-refractivity contribution in [2.45, 2.75) is 25.8 Å². The van der Waals surface area contributed by atoms with Crippen molar-refractivity contribution < 1.29 is 9.53 Å². The molecule has 5 nitrogen and oxygen atoms in total. The van der Waals surface area contributed by atoms with Crippen molar-refractivity contribution in [3.63, 3.8) is 0 Å². The highest BCUT2D eigenvalue weighted by molar-refractivity contribution is 5.79. The fourth-order valence-electron chi connectivity index (χ4n) is 2.47. The van der Waals surface area contributed by atoms with Crippen LogP contribution in [0.2, 0.25) is 0 Å². The zero-order valence-electron chi connectivity index (χ0n) is 10.5. The Balaban J connectivity index is 1.49. The van der Waals surface area contributed by atoms with Gasteiger partial charge in [-0.2, -0.15) is 5.10 Å². The van der Waals surface area contributed by atoms with Gasteiger partial charge in [-0.05, 0) is 25.3 Å². The monoisotopic (exact) mass is 249 g/mol. The number of amides is 1. The highest BCUT2D eigenvalue weighted by Gasteiger charge is 2.43. The van der Waals surface area contributed by atoms with Crippen LogP contribution in [0.1, 0.15) is 19.3 Å². The minimum absolute atomic E-state index is 0.0607. The molecular weight excluding hydrogens is 230 g/mol. The molecule has 18 heavy (non-hydrogen) atoms. The molecule has 3 rings (SSSR count). The quantitative estimate of drug-likeness (QED) is 0.840. The average Bonchev–Trinajstić information content (AvgIpc) is 2.84. The molecule has 1 atom stereocenters. The molecule has 0 radical (unpaired) electrons. The normalized spacial score (nSPS) is 25.0. The van der Waals surface area contributed by atoms with Crippen LogP contribution >= 0.6 is 0 Å². The maximum absolute atomic E-state index is 11.9. The van der Waals surface area contributed by atoms with Crippen LogP contribution in [-0.4, -0.2) is 35.4 Å². The molecule has 2 aliphatic rings. The number of rotatable bonds is 5. The predicted molar refractivity (Wildman–Crippen MR) is 65.8 cm³/mol. The third-order valence-corrected chi connectivity index (χ3v) is 3.95. The second kappa shape index (κ2) is 4.72. The molecule has 1 amide bonds. The maximum Gasteiger partial charge on any atom is 0.225 e. The summed E-state index contributed by atoms with van der Waals surface area (Å²) in [6.07, 6.45) is 6.98. The molecule has 0 spiro atoms. The van der Waals surface area contributed by atoms with E-state index in [-0.39, 0.29) is 17.2 Å². The lowest BCUT2D eigenvalue weighted by Crippen LogP contribution is -2.36. The third kappa shape index (κ3) is 2.56. The summed E-state index contributed by atoms with van der Waals surface area (Å²) in [5.74, 6) is 0.213.